The van der Waals surface area contributed by atoms with E-state index in [4.69, 9.17) is 4.74 Å². The van der Waals surface area contributed by atoms with Crippen LogP contribution < -0.4 is 0 Å². The lowest BCUT2D eigenvalue weighted by atomic mass is 9.90. The van der Waals surface area contributed by atoms with Crippen molar-refractivity contribution in [3.63, 3.8) is 0 Å². The van der Waals surface area contributed by atoms with E-state index in [1.165, 1.54) is 11.1 Å². The first-order valence-corrected chi connectivity index (χ1v) is 6.77. The average Bonchev–Trinajstić information content (AvgIpc) is 2.37. The number of rotatable bonds is 4. The Hall–Kier alpha value is -1.34. The summed E-state index contributed by atoms with van der Waals surface area (Å²) in [7, 11) is 0. The van der Waals surface area contributed by atoms with Gasteiger partial charge in [-0.05, 0) is 36.0 Å². The van der Waals surface area contributed by atoms with Gasteiger partial charge in [0.15, 0.2) is 0 Å². The number of hydrogen-bond acceptors (Lipinski definition) is 1. The predicted octanol–water partition coefficient (Wildman–Crippen LogP) is 4.30. The quantitative estimate of drug-likeness (QED) is 0.765. The molecule has 1 aliphatic rings. The molecule has 1 saturated heterocycles. The van der Waals surface area contributed by atoms with Crippen molar-refractivity contribution in [2.75, 3.05) is 0 Å². The molecule has 0 aromatic heterocycles. The third-order valence-corrected chi connectivity index (χ3v) is 3.53. The van der Waals surface area contributed by atoms with Crippen LogP contribution in [0.3, 0.4) is 0 Å². The highest BCUT2D eigenvalue weighted by atomic mass is 16.5. The summed E-state index contributed by atoms with van der Waals surface area (Å²) in [6.07, 6.45) is 4.46. The van der Waals surface area contributed by atoms with Crippen molar-refractivity contribution in [1.29, 1.82) is 0 Å². The van der Waals surface area contributed by atoms with Crippen LogP contribution in [0, 0.1) is 0 Å². The van der Waals surface area contributed by atoms with Crippen LogP contribution in [0.25, 0.3) is 0 Å². The summed E-state index contributed by atoms with van der Waals surface area (Å²) in [5.41, 5.74) is 3.60. The van der Waals surface area contributed by atoms with Crippen molar-refractivity contribution in [2.24, 2.45) is 0 Å². The Kier molecular flexibility index (Phi) is 4.38. The molecule has 0 amide bonds. The number of hydrogen-bond donors (Lipinski definition) is 0. The lowest BCUT2D eigenvalue weighted by molar-refractivity contribution is -0.00832. The van der Waals surface area contributed by atoms with Crippen molar-refractivity contribution in [3.05, 3.63) is 60.2 Å². The van der Waals surface area contributed by atoms with E-state index in [-0.39, 0.29) is 12.2 Å². The van der Waals surface area contributed by atoms with Crippen LogP contribution in [0.2, 0.25) is 0 Å². The second kappa shape index (κ2) is 6.01. The smallest absolute Gasteiger partial charge is 0.0825 e. The topological polar surface area (TPSA) is 9.23 Å². The molecule has 1 heterocycles. The zero-order valence-corrected chi connectivity index (χ0v) is 11.2. The molecular formula is C17H22O. The van der Waals surface area contributed by atoms with Gasteiger partial charge in [-0.1, -0.05) is 56.8 Å². The SMILES string of the molecule is C=C1CC(Cc2ccccc2)OC(CCC)C1=C. The summed E-state index contributed by atoms with van der Waals surface area (Å²) in [6.45, 7) is 10.4. The van der Waals surface area contributed by atoms with Gasteiger partial charge >= 0.3 is 0 Å². The largest absolute Gasteiger partial charge is 0.370 e. The predicted molar refractivity (Wildman–Crippen MR) is 76.6 cm³/mol. The standard InChI is InChI=1S/C17H22O/c1-4-8-17-14(3)13(2)11-16(18-17)12-15-9-6-5-7-10-15/h5-7,9-10,16-17H,2-4,8,11-12H2,1H3. The molecule has 1 nitrogen and oxygen atoms in total. The molecule has 18 heavy (non-hydrogen) atoms. The van der Waals surface area contributed by atoms with Crippen LogP contribution in [0.15, 0.2) is 54.6 Å². The van der Waals surface area contributed by atoms with E-state index in [9.17, 15) is 0 Å². The first-order chi connectivity index (χ1) is 8.70. The van der Waals surface area contributed by atoms with Crippen molar-refractivity contribution in [1.82, 2.24) is 0 Å². The Labute approximate surface area is 110 Å². The molecule has 0 saturated carbocycles. The maximum atomic E-state index is 6.15. The number of benzene rings is 1. The fraction of sp³-hybridized carbons (Fsp3) is 0.412. The highest BCUT2D eigenvalue weighted by molar-refractivity contribution is 5.32. The molecule has 0 spiro atoms. The van der Waals surface area contributed by atoms with E-state index in [1.807, 2.05) is 6.07 Å². The van der Waals surface area contributed by atoms with Crippen LogP contribution in [0.5, 0.6) is 0 Å². The lowest BCUT2D eigenvalue weighted by Gasteiger charge is -2.33. The minimum Gasteiger partial charge on any atom is -0.370 e. The summed E-state index contributed by atoms with van der Waals surface area (Å²) < 4.78 is 6.15. The van der Waals surface area contributed by atoms with Crippen molar-refractivity contribution in [2.45, 2.75) is 44.8 Å². The Morgan fingerprint density at radius 2 is 1.94 bits per heavy atom. The third kappa shape index (κ3) is 3.11. The van der Waals surface area contributed by atoms with Gasteiger partial charge in [0.1, 0.15) is 0 Å². The highest BCUT2D eigenvalue weighted by Crippen LogP contribution is 2.31. The van der Waals surface area contributed by atoms with Crippen molar-refractivity contribution >= 4 is 0 Å². The summed E-state index contributed by atoms with van der Waals surface area (Å²) in [6, 6.07) is 10.5. The fourth-order valence-electron chi connectivity index (χ4n) is 2.50. The number of ether oxygens (including phenoxy) is 1. The van der Waals surface area contributed by atoms with Crippen LogP contribution in [0.4, 0.5) is 0 Å². The molecule has 2 atom stereocenters. The molecule has 0 aliphatic carbocycles. The lowest BCUT2D eigenvalue weighted by Crippen LogP contribution is -2.31. The molecule has 2 rings (SSSR count). The van der Waals surface area contributed by atoms with Gasteiger partial charge in [-0.2, -0.15) is 0 Å². The van der Waals surface area contributed by atoms with E-state index in [0.29, 0.717) is 0 Å². The molecule has 1 aliphatic heterocycles. The van der Waals surface area contributed by atoms with Gasteiger partial charge in [-0.25, -0.2) is 0 Å². The molecule has 1 fully saturated rings. The molecule has 0 radical (unpaired) electrons. The van der Waals surface area contributed by atoms with Gasteiger partial charge < -0.3 is 4.74 Å². The Morgan fingerprint density at radius 1 is 1.22 bits per heavy atom. The van der Waals surface area contributed by atoms with Gasteiger partial charge in [0.25, 0.3) is 0 Å². The summed E-state index contributed by atoms with van der Waals surface area (Å²) >= 11 is 0. The van der Waals surface area contributed by atoms with Crippen LogP contribution in [-0.4, -0.2) is 12.2 Å². The minimum atomic E-state index is 0.171. The Balaban J connectivity index is 2.02. The second-order valence-corrected chi connectivity index (χ2v) is 5.06. The molecule has 1 heteroatoms. The molecule has 0 N–H and O–H groups in total. The fourth-order valence-corrected chi connectivity index (χ4v) is 2.50. The van der Waals surface area contributed by atoms with Crippen molar-refractivity contribution in [3.8, 4) is 0 Å². The average molecular weight is 242 g/mol. The van der Waals surface area contributed by atoms with Crippen LogP contribution in [0.1, 0.15) is 31.7 Å². The molecule has 96 valence electrons. The highest BCUT2D eigenvalue weighted by Gasteiger charge is 2.27. The van der Waals surface area contributed by atoms with Crippen LogP contribution in [-0.2, 0) is 11.2 Å². The Bertz CT molecular complexity index is 418. The summed E-state index contributed by atoms with van der Waals surface area (Å²) in [5, 5.41) is 0. The maximum absolute atomic E-state index is 6.15. The monoisotopic (exact) mass is 242 g/mol. The summed E-state index contributed by atoms with van der Waals surface area (Å²) in [5.74, 6) is 0. The first kappa shape index (κ1) is 13.1. The van der Waals surface area contributed by atoms with Crippen molar-refractivity contribution < 1.29 is 4.74 Å². The normalized spacial score (nSPS) is 24.3. The molecule has 1 aromatic carbocycles. The molecule has 1 aromatic rings. The van der Waals surface area contributed by atoms with E-state index < -0.39 is 0 Å². The van der Waals surface area contributed by atoms with E-state index >= 15 is 0 Å². The van der Waals surface area contributed by atoms with E-state index in [0.717, 1.165) is 31.3 Å². The minimum absolute atomic E-state index is 0.171. The second-order valence-electron chi connectivity index (χ2n) is 5.06. The van der Waals surface area contributed by atoms with Crippen LogP contribution >= 0.6 is 0 Å². The van der Waals surface area contributed by atoms with Gasteiger partial charge in [0, 0.05) is 0 Å². The zero-order valence-electron chi connectivity index (χ0n) is 11.2. The molecule has 2 unspecified atom stereocenters. The van der Waals surface area contributed by atoms with Gasteiger partial charge in [-0.15, -0.1) is 0 Å². The Morgan fingerprint density at radius 3 is 2.61 bits per heavy atom. The first-order valence-electron chi connectivity index (χ1n) is 6.77. The van der Waals surface area contributed by atoms with Gasteiger partial charge in [-0.3, -0.25) is 0 Å². The molecule has 0 bridgehead atoms. The molecular weight excluding hydrogens is 220 g/mol. The maximum Gasteiger partial charge on any atom is 0.0825 e. The third-order valence-electron chi connectivity index (χ3n) is 3.53. The summed E-state index contributed by atoms with van der Waals surface area (Å²) in [4.78, 5) is 0. The van der Waals surface area contributed by atoms with E-state index in [2.05, 4.69) is 44.3 Å². The van der Waals surface area contributed by atoms with Gasteiger partial charge in [0.2, 0.25) is 0 Å². The van der Waals surface area contributed by atoms with Gasteiger partial charge in [0.05, 0.1) is 12.2 Å². The zero-order chi connectivity index (χ0) is 13.0. The van der Waals surface area contributed by atoms with E-state index in [1.54, 1.807) is 0 Å².